The van der Waals surface area contributed by atoms with Crippen LogP contribution in [0, 0.1) is 0 Å². The first-order valence-corrected chi connectivity index (χ1v) is 27.8. The Hall–Kier alpha value is -4.01. The van der Waals surface area contributed by atoms with Crippen molar-refractivity contribution in [3.63, 3.8) is 0 Å². The largest absolute Gasteiger partial charge is 0.481 e. The van der Waals surface area contributed by atoms with Gasteiger partial charge in [0.15, 0.2) is 6.10 Å². The fourth-order valence-electron chi connectivity index (χ4n) is 6.62. The van der Waals surface area contributed by atoms with Crippen LogP contribution in [0.1, 0.15) is 117 Å². The maximum absolute atomic E-state index is 13.3. The van der Waals surface area contributed by atoms with E-state index in [9.17, 15) is 54.5 Å². The van der Waals surface area contributed by atoms with Crippen molar-refractivity contribution < 1.29 is 78.1 Å². The van der Waals surface area contributed by atoms with Crippen LogP contribution in [0.4, 0.5) is 0 Å². The van der Waals surface area contributed by atoms with Crippen molar-refractivity contribution in [1.29, 1.82) is 0 Å². The standard InChI is InChI=1S/C54H84NO16PS/c1-3-5-7-9-11-13-15-17-18-19-20-21-22-23-25-27-29-31-33-38-47(59)68-39-42(40-69-72(66,67)71-53-51(63)49(61)48(60)50(62)52(53)64)70-54(65)43(55)41-73-45(44(56)35-34-37-46(57)58)36-32-30-28-26-24-16-14-12-10-8-6-4-2/h5,7,11-14,17-18,20-21,23-26,28-32,36,42-45,48-53,56,60-64H,3-4,6,8-10,15-16,19,22,27,33-35,37-41,55H2,1-2H3,(H,57,58)(H,66,67)/b7-5-,13-11-,14-12-,18-17-,21-20-,25-23-,26-24-,30-28+,31-29-,36-32+/t42-,43+,44+,45-,48?,49-,50+,51-,52-,53?/m1/s1. The Bertz CT molecular complexity index is 1860. The highest BCUT2D eigenvalue weighted by molar-refractivity contribution is 8.00. The van der Waals surface area contributed by atoms with Crippen LogP contribution >= 0.6 is 19.6 Å². The Balaban J connectivity index is 2.92. The molecule has 0 aromatic rings. The number of carboxylic acids is 1. The Morgan fingerprint density at radius 1 is 0.644 bits per heavy atom. The number of carbonyl (C=O) groups excluding carboxylic acids is 2. The lowest BCUT2D eigenvalue weighted by Crippen LogP contribution is -2.64. The molecule has 0 spiro atoms. The molecule has 17 nitrogen and oxygen atoms in total. The molecule has 1 fully saturated rings. The lowest BCUT2D eigenvalue weighted by atomic mass is 9.85. The normalized spacial score (nSPS) is 22.7. The Morgan fingerprint density at radius 3 is 1.73 bits per heavy atom. The number of allylic oxidation sites excluding steroid dienone is 19. The molecule has 0 heterocycles. The van der Waals surface area contributed by atoms with Crippen LogP contribution in [0.5, 0.6) is 0 Å². The van der Waals surface area contributed by atoms with Gasteiger partial charge in [-0.2, -0.15) is 0 Å². The second-order valence-electron chi connectivity index (χ2n) is 17.1. The van der Waals surface area contributed by atoms with Gasteiger partial charge >= 0.3 is 25.7 Å². The van der Waals surface area contributed by atoms with E-state index in [1.165, 1.54) is 12.8 Å². The maximum atomic E-state index is 13.3. The summed E-state index contributed by atoms with van der Waals surface area (Å²) in [4.78, 5) is 47.7. The average molecular weight is 1070 g/mol. The Kier molecular flexibility index (Phi) is 38.8. The second-order valence-corrected chi connectivity index (χ2v) is 19.8. The second kappa shape index (κ2) is 42.2. The van der Waals surface area contributed by atoms with Crippen LogP contribution in [0.15, 0.2) is 122 Å². The number of rotatable bonds is 40. The summed E-state index contributed by atoms with van der Waals surface area (Å²) >= 11 is 1.10. The molecule has 0 aromatic heterocycles. The molecule has 3 unspecified atom stereocenters. The molecule has 73 heavy (non-hydrogen) atoms. The van der Waals surface area contributed by atoms with E-state index in [1.54, 1.807) is 24.3 Å². The van der Waals surface area contributed by atoms with E-state index in [0.717, 1.165) is 63.1 Å². The average Bonchev–Trinajstić information content (AvgIpc) is 3.36. The molecule has 412 valence electrons. The number of nitrogens with two attached hydrogens (primary N) is 1. The number of ether oxygens (including phenoxy) is 2. The lowest BCUT2D eigenvalue weighted by Gasteiger charge is -2.41. The zero-order valence-electron chi connectivity index (χ0n) is 42.5. The summed E-state index contributed by atoms with van der Waals surface area (Å²) in [6.45, 7) is 2.65. The van der Waals surface area contributed by atoms with E-state index < -0.39 is 99.1 Å². The fourth-order valence-corrected chi connectivity index (χ4v) is 8.72. The molecule has 1 saturated carbocycles. The summed E-state index contributed by atoms with van der Waals surface area (Å²) in [6.07, 6.45) is 35.7. The third-order valence-electron chi connectivity index (χ3n) is 10.8. The maximum Gasteiger partial charge on any atom is 0.472 e. The van der Waals surface area contributed by atoms with E-state index in [-0.39, 0.29) is 31.4 Å². The Morgan fingerprint density at radius 2 is 1.16 bits per heavy atom. The van der Waals surface area contributed by atoms with Crippen molar-refractivity contribution in [1.82, 2.24) is 0 Å². The lowest BCUT2D eigenvalue weighted by molar-refractivity contribution is -0.220. The van der Waals surface area contributed by atoms with Gasteiger partial charge in [0.2, 0.25) is 0 Å². The molecular formula is C54H84NO16PS. The zero-order valence-corrected chi connectivity index (χ0v) is 44.2. The number of phosphoric ester groups is 1. The highest BCUT2D eigenvalue weighted by Crippen LogP contribution is 2.47. The predicted octanol–water partition coefficient (Wildman–Crippen LogP) is 7.48. The molecule has 1 rings (SSSR count). The van der Waals surface area contributed by atoms with Crippen LogP contribution in [-0.4, -0.2) is 138 Å². The quantitative estimate of drug-likeness (QED) is 0.00945. The molecular weight excluding hydrogens is 982 g/mol. The SMILES string of the molecule is CC/C=C\C/C=C\C/C=C\C/C=C\C/C=C\C/C=C\CCC(=O)OC[C@H](COP(=O)(O)OC1[C@H](O)[C@H](O)C(O)[C@H](O)[C@H]1O)OC(=O)[C@@H](N)CS[C@H](/C=C/C=C/C=C\C/C=C\CCCCC)[C@@H](O)CCCC(=O)O. The fraction of sp³-hybridized carbons (Fsp3) is 0.574. The van der Waals surface area contributed by atoms with E-state index in [1.807, 2.05) is 36.5 Å². The number of unbranched alkanes of at least 4 members (excludes halogenated alkanes) is 3. The van der Waals surface area contributed by atoms with Crippen LogP contribution in [0.2, 0.25) is 0 Å². The first-order chi connectivity index (χ1) is 35.0. The minimum Gasteiger partial charge on any atom is -0.481 e. The van der Waals surface area contributed by atoms with Gasteiger partial charge in [-0.15, -0.1) is 11.8 Å². The number of carboxylic acid groups (broad SMARTS) is 1. The number of aliphatic hydroxyl groups is 6. The van der Waals surface area contributed by atoms with Gasteiger partial charge in [-0.1, -0.05) is 148 Å². The molecule has 1 aliphatic rings. The molecule has 0 radical (unpaired) electrons. The first-order valence-electron chi connectivity index (χ1n) is 25.3. The summed E-state index contributed by atoms with van der Waals surface area (Å²) in [5, 5.41) is 70.0. The molecule has 0 aliphatic heterocycles. The first kappa shape index (κ1) is 67.0. The highest BCUT2D eigenvalue weighted by Gasteiger charge is 2.51. The zero-order chi connectivity index (χ0) is 54.1. The molecule has 0 bridgehead atoms. The minimum absolute atomic E-state index is 0.0683. The molecule has 0 amide bonds. The Labute approximate surface area is 436 Å². The molecule has 10 N–H and O–H groups in total. The van der Waals surface area contributed by atoms with Crippen molar-refractivity contribution >= 4 is 37.5 Å². The summed E-state index contributed by atoms with van der Waals surface area (Å²) in [7, 11) is -5.31. The highest BCUT2D eigenvalue weighted by atomic mass is 32.2. The van der Waals surface area contributed by atoms with Gasteiger partial charge in [-0.25, -0.2) is 4.57 Å². The van der Waals surface area contributed by atoms with E-state index in [0.29, 0.717) is 12.8 Å². The third-order valence-corrected chi connectivity index (χ3v) is 13.2. The molecule has 0 aromatic carbocycles. The van der Waals surface area contributed by atoms with Crippen molar-refractivity contribution in [2.75, 3.05) is 19.0 Å². The van der Waals surface area contributed by atoms with Crippen molar-refractivity contribution in [2.45, 2.75) is 177 Å². The number of aliphatic carboxylic acids is 1. The minimum atomic E-state index is -5.31. The predicted molar refractivity (Wildman–Crippen MR) is 286 cm³/mol. The number of esters is 2. The topological polar surface area (TPSA) is 293 Å². The van der Waals surface area contributed by atoms with Gasteiger partial charge in [-0.3, -0.25) is 23.4 Å². The van der Waals surface area contributed by atoms with Gasteiger partial charge in [0.05, 0.1) is 12.7 Å². The van der Waals surface area contributed by atoms with Crippen LogP contribution in [0.3, 0.4) is 0 Å². The van der Waals surface area contributed by atoms with Crippen LogP contribution in [0.25, 0.3) is 0 Å². The van der Waals surface area contributed by atoms with Gasteiger partial charge in [0.25, 0.3) is 0 Å². The monoisotopic (exact) mass is 1070 g/mol. The number of thioether (sulfide) groups is 1. The van der Waals surface area contributed by atoms with E-state index >= 15 is 0 Å². The van der Waals surface area contributed by atoms with Gasteiger partial charge in [0, 0.05) is 23.8 Å². The van der Waals surface area contributed by atoms with E-state index in [2.05, 4.69) is 74.6 Å². The number of aliphatic hydroxyl groups excluding tert-OH is 6. The summed E-state index contributed by atoms with van der Waals surface area (Å²) in [6, 6.07) is -1.36. The molecule has 19 heteroatoms. The smallest absolute Gasteiger partial charge is 0.472 e. The summed E-state index contributed by atoms with van der Waals surface area (Å²) in [5.41, 5.74) is 6.21. The van der Waals surface area contributed by atoms with Crippen LogP contribution < -0.4 is 5.73 Å². The number of hydrogen-bond donors (Lipinski definition) is 9. The van der Waals surface area contributed by atoms with Crippen molar-refractivity contribution in [3.8, 4) is 0 Å². The summed E-state index contributed by atoms with van der Waals surface area (Å²) < 4.78 is 33.6. The summed E-state index contributed by atoms with van der Waals surface area (Å²) in [5.74, 6) is -2.88. The van der Waals surface area contributed by atoms with Gasteiger partial charge in [-0.05, 0) is 77.0 Å². The van der Waals surface area contributed by atoms with Crippen LogP contribution in [-0.2, 0) is 37.5 Å². The number of carbonyl (C=O) groups is 3. The number of hydrogen-bond acceptors (Lipinski definition) is 16. The van der Waals surface area contributed by atoms with Gasteiger partial charge < -0.3 is 55.8 Å². The molecule has 11 atom stereocenters. The van der Waals surface area contributed by atoms with Crippen molar-refractivity contribution in [2.24, 2.45) is 5.73 Å². The van der Waals surface area contributed by atoms with E-state index in [4.69, 9.17) is 29.4 Å². The molecule has 0 saturated heterocycles. The van der Waals surface area contributed by atoms with Crippen molar-refractivity contribution in [3.05, 3.63) is 122 Å². The number of phosphoric acid groups is 1. The van der Waals surface area contributed by atoms with Gasteiger partial charge in [0.1, 0.15) is 49.3 Å². The third kappa shape index (κ3) is 33.5. The molecule has 1 aliphatic carbocycles.